The van der Waals surface area contributed by atoms with Crippen LogP contribution < -0.4 is 4.90 Å². The fourth-order valence-electron chi connectivity index (χ4n) is 12.1. The Labute approximate surface area is 372 Å². The highest BCUT2D eigenvalue weighted by Gasteiger charge is 2.51. The van der Waals surface area contributed by atoms with Crippen LogP contribution in [0, 0.1) is 0 Å². The van der Waals surface area contributed by atoms with Crippen LogP contribution in [0.2, 0.25) is 0 Å². The first-order valence-electron chi connectivity index (χ1n) is 22.4. The fourth-order valence-corrected chi connectivity index (χ4v) is 12.1. The van der Waals surface area contributed by atoms with Crippen molar-refractivity contribution in [2.75, 3.05) is 4.90 Å². The molecule has 0 unspecified atom stereocenters. The normalized spacial score (nSPS) is 14.3. The van der Waals surface area contributed by atoms with Crippen LogP contribution in [-0.2, 0) is 10.8 Å². The Morgan fingerprint density at radius 2 is 0.844 bits per heavy atom. The molecule has 0 saturated heterocycles. The van der Waals surface area contributed by atoms with E-state index in [4.69, 9.17) is 4.42 Å². The molecule has 3 aliphatic carbocycles. The molecule has 0 amide bonds. The van der Waals surface area contributed by atoms with Crippen molar-refractivity contribution in [3.05, 3.63) is 246 Å². The summed E-state index contributed by atoms with van der Waals surface area (Å²) in [5, 5.41) is 4.59. The van der Waals surface area contributed by atoms with E-state index in [1.165, 1.54) is 77.5 Å². The van der Waals surface area contributed by atoms with Gasteiger partial charge in [0.15, 0.2) is 5.58 Å². The quantitative estimate of drug-likeness (QED) is 0.176. The van der Waals surface area contributed by atoms with Gasteiger partial charge in [0.2, 0.25) is 0 Å². The van der Waals surface area contributed by atoms with Gasteiger partial charge in [-0.2, -0.15) is 0 Å². The van der Waals surface area contributed by atoms with Gasteiger partial charge in [-0.1, -0.05) is 196 Å². The number of fused-ring (bicyclic) bond motifs is 18. The third-order valence-corrected chi connectivity index (χ3v) is 14.9. The maximum atomic E-state index is 7.37. The summed E-state index contributed by atoms with van der Waals surface area (Å²) in [5.41, 5.74) is 22.3. The smallest absolute Gasteiger partial charge is 0.160 e. The van der Waals surface area contributed by atoms with E-state index in [2.05, 4.69) is 231 Å². The van der Waals surface area contributed by atoms with Crippen LogP contribution in [0.15, 0.2) is 217 Å². The highest BCUT2D eigenvalue weighted by Crippen LogP contribution is 2.63. The van der Waals surface area contributed by atoms with Crippen molar-refractivity contribution >= 4 is 49.8 Å². The Bertz CT molecular complexity index is 3710. The Morgan fingerprint density at radius 1 is 0.359 bits per heavy atom. The first kappa shape index (κ1) is 35.6. The molecule has 64 heavy (non-hydrogen) atoms. The average molecular weight is 816 g/mol. The van der Waals surface area contributed by atoms with Crippen LogP contribution in [0.4, 0.5) is 17.1 Å². The van der Waals surface area contributed by atoms with Crippen LogP contribution in [0.5, 0.6) is 0 Å². The number of nitrogens with zero attached hydrogens (tertiary/aromatic N) is 1. The van der Waals surface area contributed by atoms with Crippen molar-refractivity contribution < 1.29 is 4.42 Å². The molecule has 0 radical (unpaired) electrons. The third-order valence-electron chi connectivity index (χ3n) is 14.9. The van der Waals surface area contributed by atoms with Gasteiger partial charge >= 0.3 is 0 Å². The molecule has 0 atom stereocenters. The summed E-state index contributed by atoms with van der Waals surface area (Å²) in [5.74, 6) is 0. The van der Waals surface area contributed by atoms with E-state index in [9.17, 15) is 0 Å². The van der Waals surface area contributed by atoms with Gasteiger partial charge in [-0.05, 0) is 113 Å². The number of hydrogen-bond donors (Lipinski definition) is 0. The summed E-state index contributed by atoms with van der Waals surface area (Å²) in [6.45, 7) is 4.74. The van der Waals surface area contributed by atoms with E-state index in [1.807, 2.05) is 0 Å². The summed E-state index contributed by atoms with van der Waals surface area (Å²) in [6.07, 6.45) is 0. The summed E-state index contributed by atoms with van der Waals surface area (Å²) in [7, 11) is 0. The number of hydrogen-bond acceptors (Lipinski definition) is 2. The van der Waals surface area contributed by atoms with Crippen LogP contribution in [0.3, 0.4) is 0 Å². The topological polar surface area (TPSA) is 16.4 Å². The molecular formula is C62H41NO. The lowest BCUT2D eigenvalue weighted by Crippen LogP contribution is -2.26. The molecule has 0 N–H and O–H groups in total. The largest absolute Gasteiger partial charge is 0.453 e. The second-order valence-corrected chi connectivity index (χ2v) is 18.3. The predicted octanol–water partition coefficient (Wildman–Crippen LogP) is 16.5. The molecule has 0 saturated carbocycles. The number of para-hydroxylation sites is 1. The van der Waals surface area contributed by atoms with E-state index in [0.29, 0.717) is 0 Å². The lowest BCUT2D eigenvalue weighted by Gasteiger charge is -2.32. The summed E-state index contributed by atoms with van der Waals surface area (Å²) < 4.78 is 7.37. The monoisotopic (exact) mass is 815 g/mol. The van der Waals surface area contributed by atoms with Crippen LogP contribution in [-0.4, -0.2) is 0 Å². The van der Waals surface area contributed by atoms with E-state index in [1.54, 1.807) is 0 Å². The highest BCUT2D eigenvalue weighted by molar-refractivity contribution is 6.24. The number of rotatable bonds is 4. The molecule has 2 nitrogen and oxygen atoms in total. The van der Waals surface area contributed by atoms with E-state index >= 15 is 0 Å². The first-order valence-corrected chi connectivity index (χ1v) is 22.4. The van der Waals surface area contributed by atoms with Gasteiger partial charge in [-0.25, -0.2) is 0 Å². The molecule has 300 valence electrons. The molecule has 10 aromatic carbocycles. The van der Waals surface area contributed by atoms with Gasteiger partial charge in [-0.15, -0.1) is 0 Å². The minimum Gasteiger partial charge on any atom is -0.453 e. The molecule has 14 rings (SSSR count). The molecule has 11 aromatic rings. The predicted molar refractivity (Wildman–Crippen MR) is 265 cm³/mol. The summed E-state index contributed by atoms with van der Waals surface area (Å²) in [6, 6.07) is 78.9. The SMILES string of the molecule is CC1(C)c2ccccc2-c2ccc(N(c3ccc4c(c3)C3(c5ccccc5-c5ccccc53)c3ccccc3-4)c3cc4ccccc4c4c3oc3c(-c5ccccc5)cccc34)cc21. The summed E-state index contributed by atoms with van der Waals surface area (Å²) in [4.78, 5) is 2.49. The minimum atomic E-state index is -0.481. The number of anilines is 3. The second-order valence-electron chi connectivity index (χ2n) is 18.3. The van der Waals surface area contributed by atoms with Crippen molar-refractivity contribution in [1.29, 1.82) is 0 Å². The van der Waals surface area contributed by atoms with Crippen molar-refractivity contribution in [2.45, 2.75) is 24.7 Å². The Balaban J connectivity index is 1.09. The second kappa shape index (κ2) is 12.8. The van der Waals surface area contributed by atoms with E-state index in [-0.39, 0.29) is 5.41 Å². The Morgan fingerprint density at radius 3 is 1.50 bits per heavy atom. The molecule has 1 aromatic heterocycles. The van der Waals surface area contributed by atoms with Crippen molar-refractivity contribution in [1.82, 2.24) is 0 Å². The number of benzene rings is 10. The van der Waals surface area contributed by atoms with Gasteiger partial charge in [0.1, 0.15) is 5.58 Å². The lowest BCUT2D eigenvalue weighted by molar-refractivity contribution is 0.660. The van der Waals surface area contributed by atoms with Crippen LogP contribution >= 0.6 is 0 Å². The molecule has 2 heteroatoms. The zero-order chi connectivity index (χ0) is 42.3. The number of furan rings is 1. The van der Waals surface area contributed by atoms with Crippen molar-refractivity contribution in [2.24, 2.45) is 0 Å². The molecule has 0 bridgehead atoms. The molecule has 1 spiro atoms. The molecule has 1 heterocycles. The Hall–Kier alpha value is -7.94. The van der Waals surface area contributed by atoms with Gasteiger partial charge in [0.05, 0.1) is 11.1 Å². The van der Waals surface area contributed by atoms with Crippen molar-refractivity contribution in [3.63, 3.8) is 0 Å². The fraction of sp³-hybridized carbons (Fsp3) is 0.0645. The van der Waals surface area contributed by atoms with E-state index < -0.39 is 5.41 Å². The van der Waals surface area contributed by atoms with Crippen LogP contribution in [0.25, 0.3) is 77.2 Å². The zero-order valence-electron chi connectivity index (χ0n) is 35.6. The molecule has 0 aliphatic heterocycles. The van der Waals surface area contributed by atoms with Gasteiger partial charge in [0.25, 0.3) is 0 Å². The maximum absolute atomic E-state index is 7.37. The summed E-state index contributed by atoms with van der Waals surface area (Å²) >= 11 is 0. The van der Waals surface area contributed by atoms with Gasteiger partial charge in [0, 0.05) is 33.1 Å². The van der Waals surface area contributed by atoms with Gasteiger partial charge in [-0.3, -0.25) is 0 Å². The molecular weight excluding hydrogens is 775 g/mol. The minimum absolute atomic E-state index is 0.183. The van der Waals surface area contributed by atoms with E-state index in [0.717, 1.165) is 50.1 Å². The van der Waals surface area contributed by atoms with Crippen molar-refractivity contribution in [3.8, 4) is 44.5 Å². The third kappa shape index (κ3) is 4.54. The first-order chi connectivity index (χ1) is 31.5. The zero-order valence-corrected chi connectivity index (χ0v) is 35.6. The van der Waals surface area contributed by atoms with Crippen LogP contribution in [0.1, 0.15) is 47.2 Å². The maximum Gasteiger partial charge on any atom is 0.160 e. The standard InChI is InChI=1S/C62H41NO/c1-61(2)51-27-12-8-21-44(51)48-33-31-40(36-55(48)61)63(57-35-39-19-6-7-20-42(39)58-50-26-16-25-43(59(50)64-60(57)58)38-17-4-3-5-18-38)41-32-34-49-47-24-11-15-30-54(47)62(56(49)37-41)52-28-13-9-22-45(52)46-23-10-14-29-53(46)62/h3-37H,1-2H3. The lowest BCUT2D eigenvalue weighted by atomic mass is 9.70. The van der Waals surface area contributed by atoms with Gasteiger partial charge < -0.3 is 9.32 Å². The average Bonchev–Trinajstić information content (AvgIpc) is 4.05. The molecule has 3 aliphatic rings. The molecule has 0 fully saturated rings. The highest BCUT2D eigenvalue weighted by atomic mass is 16.3. The Kier molecular flexibility index (Phi) is 7.13.